The summed E-state index contributed by atoms with van der Waals surface area (Å²) in [4.78, 5) is 19.4. The number of methoxy groups -OCH3 is 1. The van der Waals surface area contributed by atoms with E-state index in [0.29, 0.717) is 17.2 Å². The Morgan fingerprint density at radius 1 is 1.32 bits per heavy atom. The van der Waals surface area contributed by atoms with Crippen molar-refractivity contribution in [1.82, 2.24) is 4.98 Å². The average Bonchev–Trinajstić information content (AvgIpc) is 3.35. The lowest BCUT2D eigenvalue weighted by Gasteiger charge is -2.23. The number of carbonyl (C=O) groups is 1. The number of thiazole rings is 1. The maximum absolute atomic E-state index is 13.6. The second-order valence-electron chi connectivity index (χ2n) is 6.77. The Morgan fingerprint density at radius 3 is 2.86 bits per heavy atom. The molecule has 0 spiro atoms. The van der Waals surface area contributed by atoms with Crippen LogP contribution < -0.4 is 9.64 Å². The van der Waals surface area contributed by atoms with Gasteiger partial charge in [0.2, 0.25) is 5.91 Å². The highest BCUT2D eigenvalue weighted by atomic mass is 32.1. The molecule has 146 valence electrons. The van der Waals surface area contributed by atoms with Gasteiger partial charge >= 0.3 is 0 Å². The van der Waals surface area contributed by atoms with E-state index in [-0.39, 0.29) is 24.2 Å². The molecule has 0 bridgehead atoms. The summed E-state index contributed by atoms with van der Waals surface area (Å²) in [5.41, 5.74) is 1.59. The van der Waals surface area contributed by atoms with Crippen LogP contribution in [0.3, 0.4) is 0 Å². The number of amides is 1. The van der Waals surface area contributed by atoms with E-state index in [0.717, 1.165) is 35.5 Å². The molecule has 3 aromatic rings. The molecule has 1 saturated heterocycles. The van der Waals surface area contributed by atoms with Gasteiger partial charge < -0.3 is 9.47 Å². The van der Waals surface area contributed by atoms with Crippen molar-refractivity contribution >= 4 is 32.6 Å². The van der Waals surface area contributed by atoms with Crippen LogP contribution in [0, 0.1) is 5.82 Å². The van der Waals surface area contributed by atoms with E-state index < -0.39 is 0 Å². The van der Waals surface area contributed by atoms with Crippen molar-refractivity contribution in [3.63, 3.8) is 0 Å². The molecule has 0 aliphatic carbocycles. The Balaban J connectivity index is 1.60. The number of nitrogens with zero attached hydrogens (tertiary/aromatic N) is 2. The quantitative estimate of drug-likeness (QED) is 0.622. The summed E-state index contributed by atoms with van der Waals surface area (Å²) in [5, 5.41) is 0.578. The van der Waals surface area contributed by atoms with Crippen molar-refractivity contribution in [1.29, 1.82) is 0 Å². The van der Waals surface area contributed by atoms with Crippen LogP contribution >= 0.6 is 11.3 Å². The van der Waals surface area contributed by atoms with Crippen LogP contribution in [0.15, 0.2) is 42.5 Å². The topological polar surface area (TPSA) is 51.7 Å². The number of anilines is 1. The fourth-order valence-corrected chi connectivity index (χ4v) is 4.31. The Hall–Kier alpha value is -2.51. The minimum Gasteiger partial charge on any atom is -0.497 e. The highest BCUT2D eigenvalue weighted by Crippen LogP contribution is 2.31. The Morgan fingerprint density at radius 2 is 2.14 bits per heavy atom. The predicted molar refractivity (Wildman–Crippen MR) is 108 cm³/mol. The first-order valence-corrected chi connectivity index (χ1v) is 10.0. The monoisotopic (exact) mass is 400 g/mol. The lowest BCUT2D eigenvalue weighted by molar-refractivity contribution is -0.118. The van der Waals surface area contributed by atoms with Gasteiger partial charge in [-0.1, -0.05) is 23.5 Å². The highest BCUT2D eigenvalue weighted by Gasteiger charge is 2.26. The molecule has 0 radical (unpaired) electrons. The van der Waals surface area contributed by atoms with E-state index >= 15 is 0 Å². The lowest BCUT2D eigenvalue weighted by atomic mass is 10.1. The van der Waals surface area contributed by atoms with Gasteiger partial charge in [0.25, 0.3) is 0 Å². The number of rotatable bonds is 6. The fraction of sp³-hybridized carbons (Fsp3) is 0.333. The van der Waals surface area contributed by atoms with Crippen molar-refractivity contribution in [2.45, 2.75) is 25.4 Å². The van der Waals surface area contributed by atoms with Crippen LogP contribution in [0.5, 0.6) is 5.75 Å². The molecule has 28 heavy (non-hydrogen) atoms. The molecule has 1 atom stereocenters. The van der Waals surface area contributed by atoms with E-state index in [1.165, 1.54) is 23.5 Å². The molecule has 1 fully saturated rings. The summed E-state index contributed by atoms with van der Waals surface area (Å²) in [5.74, 6) is 0.388. The van der Waals surface area contributed by atoms with Crippen molar-refractivity contribution in [2.75, 3.05) is 25.2 Å². The van der Waals surface area contributed by atoms with Gasteiger partial charge in [-0.3, -0.25) is 9.69 Å². The summed E-state index contributed by atoms with van der Waals surface area (Å²) in [6, 6.07) is 11.9. The number of hydrogen-bond acceptors (Lipinski definition) is 5. The standard InChI is InChI=1S/C21H21FN2O3S/c1-26-16-7-4-14(5-8-16)11-20(25)24(13-17-3-2-10-27-17)21-23-18-9-6-15(22)12-19(18)28-21/h4-9,12,17H,2-3,10-11,13H2,1H3/t17-/m0/s1. The van der Waals surface area contributed by atoms with Crippen LogP contribution in [-0.4, -0.2) is 37.3 Å². The highest BCUT2D eigenvalue weighted by molar-refractivity contribution is 7.22. The predicted octanol–water partition coefficient (Wildman–Crippen LogP) is 4.20. The minimum absolute atomic E-state index is 0.00330. The molecule has 1 aliphatic rings. The number of carbonyl (C=O) groups excluding carboxylic acids is 1. The van der Waals surface area contributed by atoms with E-state index in [1.54, 1.807) is 18.1 Å². The molecule has 0 saturated carbocycles. The molecule has 7 heteroatoms. The van der Waals surface area contributed by atoms with E-state index in [2.05, 4.69) is 4.98 Å². The second-order valence-corrected chi connectivity index (χ2v) is 7.78. The van der Waals surface area contributed by atoms with Crippen LogP contribution in [0.1, 0.15) is 18.4 Å². The first kappa shape index (κ1) is 18.8. The van der Waals surface area contributed by atoms with Gasteiger partial charge in [0.15, 0.2) is 5.13 Å². The molecule has 4 rings (SSSR count). The van der Waals surface area contributed by atoms with E-state index in [4.69, 9.17) is 9.47 Å². The summed E-state index contributed by atoms with van der Waals surface area (Å²) >= 11 is 1.33. The Kier molecular flexibility index (Phi) is 5.54. The normalized spacial score (nSPS) is 16.4. The van der Waals surface area contributed by atoms with Crippen molar-refractivity contribution in [3.05, 3.63) is 53.8 Å². The van der Waals surface area contributed by atoms with Crippen LogP contribution in [0.4, 0.5) is 9.52 Å². The zero-order valence-corrected chi connectivity index (χ0v) is 16.4. The van der Waals surface area contributed by atoms with Crippen molar-refractivity contribution in [2.24, 2.45) is 0 Å². The molecular weight excluding hydrogens is 379 g/mol. The fourth-order valence-electron chi connectivity index (χ4n) is 3.29. The first-order valence-electron chi connectivity index (χ1n) is 9.23. The third-order valence-corrected chi connectivity index (χ3v) is 5.84. The minimum atomic E-state index is -0.307. The maximum atomic E-state index is 13.6. The SMILES string of the molecule is COc1ccc(CC(=O)N(C[C@@H]2CCCO2)c2nc3ccc(F)cc3s2)cc1. The lowest BCUT2D eigenvalue weighted by Crippen LogP contribution is -2.38. The Bertz CT molecular complexity index is 967. The number of hydrogen-bond donors (Lipinski definition) is 0. The molecule has 0 unspecified atom stereocenters. The summed E-state index contributed by atoms with van der Waals surface area (Å²) < 4.78 is 25.2. The number of ether oxygens (including phenoxy) is 2. The van der Waals surface area contributed by atoms with Crippen molar-refractivity contribution < 1.29 is 18.7 Å². The van der Waals surface area contributed by atoms with Crippen LogP contribution in [0.2, 0.25) is 0 Å². The molecule has 2 aromatic carbocycles. The zero-order valence-electron chi connectivity index (χ0n) is 15.6. The molecule has 1 aliphatic heterocycles. The largest absolute Gasteiger partial charge is 0.497 e. The number of halogens is 1. The van der Waals surface area contributed by atoms with Gasteiger partial charge in [-0.15, -0.1) is 0 Å². The molecule has 1 aromatic heterocycles. The number of fused-ring (bicyclic) bond motifs is 1. The average molecular weight is 400 g/mol. The van der Waals surface area contributed by atoms with Gasteiger partial charge in [-0.2, -0.15) is 0 Å². The van der Waals surface area contributed by atoms with Crippen LogP contribution in [-0.2, 0) is 16.0 Å². The second kappa shape index (κ2) is 8.24. The summed E-state index contributed by atoms with van der Waals surface area (Å²) in [6.07, 6.45) is 2.17. The summed E-state index contributed by atoms with van der Waals surface area (Å²) in [7, 11) is 1.61. The van der Waals surface area contributed by atoms with Crippen molar-refractivity contribution in [3.8, 4) is 5.75 Å². The number of aromatic nitrogens is 1. The smallest absolute Gasteiger partial charge is 0.233 e. The molecule has 2 heterocycles. The third-order valence-electron chi connectivity index (χ3n) is 4.80. The zero-order chi connectivity index (χ0) is 19.5. The molecular formula is C21H21FN2O3S. The van der Waals surface area contributed by atoms with Gasteiger partial charge in [-0.05, 0) is 48.7 Å². The number of benzene rings is 2. The molecule has 0 N–H and O–H groups in total. The molecule has 5 nitrogen and oxygen atoms in total. The van der Waals surface area contributed by atoms with E-state index in [9.17, 15) is 9.18 Å². The summed E-state index contributed by atoms with van der Waals surface area (Å²) in [6.45, 7) is 1.17. The van der Waals surface area contributed by atoms with Crippen LogP contribution in [0.25, 0.3) is 10.2 Å². The van der Waals surface area contributed by atoms with E-state index in [1.807, 2.05) is 24.3 Å². The Labute approximate surface area is 166 Å². The van der Waals surface area contributed by atoms with Gasteiger partial charge in [-0.25, -0.2) is 9.37 Å². The van der Waals surface area contributed by atoms with Gasteiger partial charge in [0, 0.05) is 6.61 Å². The first-order chi connectivity index (χ1) is 13.6. The maximum Gasteiger partial charge on any atom is 0.233 e. The van der Waals surface area contributed by atoms with Gasteiger partial charge in [0.1, 0.15) is 11.6 Å². The van der Waals surface area contributed by atoms with Gasteiger partial charge in [0.05, 0.1) is 36.4 Å². The molecule has 1 amide bonds. The third kappa shape index (κ3) is 4.15.